The van der Waals surface area contributed by atoms with E-state index < -0.39 is 5.60 Å². The van der Waals surface area contributed by atoms with E-state index in [4.69, 9.17) is 14.2 Å². The average Bonchev–Trinajstić information content (AvgIpc) is 3.89. The van der Waals surface area contributed by atoms with Gasteiger partial charge in [0.15, 0.2) is 0 Å². The Bertz CT molecular complexity index is 3330. The first-order valence-corrected chi connectivity index (χ1v) is 27.4. The molecule has 408 valence electrons. The Kier molecular flexibility index (Phi) is 17.6. The Balaban J connectivity index is 0.000000147. The SMILES string of the molecule is CN1CCN2c3ccccc3Cc3ccccc3C2C1.COc1ccc(C(=O)NCc2cccnc2)cc1C(=O)NCc1cccnc1.Cc1c(C)c2c(c(C)c1O)CCC(C)(COc1ccc(CC3SC(=O)NC3=O)cc1)O2. The van der Waals surface area contributed by atoms with E-state index in [2.05, 4.69) is 91.3 Å². The Labute approximate surface area is 466 Å². The fraction of sp³-hybridized carbons (Fsp3) is 0.302. The van der Waals surface area contributed by atoms with Crippen LogP contribution >= 0.6 is 11.8 Å². The fourth-order valence-electron chi connectivity index (χ4n) is 10.3. The number of likely N-dealkylation sites (N-methyl/N-ethyl adjacent to an activating group) is 1. The maximum Gasteiger partial charge on any atom is 0.286 e. The molecule has 5 aromatic carbocycles. The molecule has 79 heavy (non-hydrogen) atoms. The number of hydrogen-bond acceptors (Lipinski definition) is 13. The van der Waals surface area contributed by atoms with Crippen LogP contribution in [-0.2, 0) is 37.1 Å². The summed E-state index contributed by atoms with van der Waals surface area (Å²) in [5.74, 6) is 1.50. The van der Waals surface area contributed by atoms with Gasteiger partial charge in [0.2, 0.25) is 5.91 Å². The first-order chi connectivity index (χ1) is 38.2. The lowest BCUT2D eigenvalue weighted by Gasteiger charge is -2.41. The summed E-state index contributed by atoms with van der Waals surface area (Å²) in [4.78, 5) is 61.2. The van der Waals surface area contributed by atoms with E-state index >= 15 is 0 Å². The topological polar surface area (TPSA) is 185 Å². The van der Waals surface area contributed by atoms with Crippen molar-refractivity contribution in [3.8, 4) is 23.0 Å². The molecule has 3 atom stereocenters. The third-order valence-corrected chi connectivity index (χ3v) is 16.0. The molecule has 2 saturated heterocycles. The molecule has 15 nitrogen and oxygen atoms in total. The van der Waals surface area contributed by atoms with E-state index in [1.165, 1.54) is 35.6 Å². The van der Waals surface area contributed by atoms with Crippen molar-refractivity contribution in [3.63, 3.8) is 0 Å². The number of carbonyl (C=O) groups excluding carboxylic acids is 4. The number of piperazine rings is 1. The largest absolute Gasteiger partial charge is 0.507 e. The van der Waals surface area contributed by atoms with Gasteiger partial charge in [-0.2, -0.15) is 0 Å². The number of fused-ring (bicyclic) bond motifs is 6. The summed E-state index contributed by atoms with van der Waals surface area (Å²) >= 11 is 1.04. The number of aromatic nitrogens is 2. The number of phenols is 1. The molecule has 6 heterocycles. The van der Waals surface area contributed by atoms with Crippen molar-refractivity contribution in [2.75, 3.05) is 45.3 Å². The molecule has 7 aromatic rings. The molecule has 0 spiro atoms. The molecule has 4 amide bonds. The lowest BCUT2D eigenvalue weighted by molar-refractivity contribution is -0.118. The number of para-hydroxylation sites is 1. The summed E-state index contributed by atoms with van der Waals surface area (Å²) in [6.45, 7) is 12.3. The second kappa shape index (κ2) is 25.1. The molecule has 0 saturated carbocycles. The number of thioether (sulfide) groups is 1. The molecule has 4 N–H and O–H groups in total. The standard InChI is InChI=1S/C24H27NO5S.C21H20N4O3.C18H20N2/c1-13-14(2)21-18(15(3)20(13)26)9-10-24(4,30-21)12-29-17-7-5-16(6-8-17)11-19-22(27)25-23(28)31-19;1-28-19-7-6-17(20(26)24-13-15-4-2-8-22-11-15)10-18(19)21(27)25-14-16-5-3-9-23-12-16;1-19-10-11-20-17-9-5-3-7-15(17)12-14-6-2-4-8-16(14)18(20)13-19/h5-8,19,26H,9-12H2,1-4H3,(H,25,27,28);2-12H,13-14H2,1H3,(H,24,26)(H,25,27);2-9,18H,10-13H2,1H3. The summed E-state index contributed by atoms with van der Waals surface area (Å²) in [7, 11) is 3.71. The Morgan fingerprint density at radius 1 is 0.810 bits per heavy atom. The van der Waals surface area contributed by atoms with E-state index in [1.807, 2.05) is 64.1 Å². The van der Waals surface area contributed by atoms with Crippen molar-refractivity contribution in [2.45, 2.75) is 83.4 Å². The van der Waals surface area contributed by atoms with Gasteiger partial charge in [0.25, 0.3) is 17.1 Å². The van der Waals surface area contributed by atoms with Gasteiger partial charge in [-0.15, -0.1) is 0 Å². The highest BCUT2D eigenvalue weighted by atomic mass is 32.2. The smallest absolute Gasteiger partial charge is 0.286 e. The number of ether oxygens (including phenoxy) is 3. The van der Waals surface area contributed by atoms with Gasteiger partial charge in [0.05, 0.1) is 24.0 Å². The van der Waals surface area contributed by atoms with Crippen LogP contribution < -0.4 is 35.1 Å². The fourth-order valence-corrected chi connectivity index (χ4v) is 11.2. The number of aromatic hydroxyl groups is 1. The Morgan fingerprint density at radius 2 is 1.49 bits per heavy atom. The molecular weight excluding hydrogens is 1010 g/mol. The van der Waals surface area contributed by atoms with Crippen LogP contribution in [0.1, 0.15) is 95.7 Å². The summed E-state index contributed by atoms with van der Waals surface area (Å²) < 4.78 is 17.7. The van der Waals surface area contributed by atoms with Gasteiger partial charge in [-0.25, -0.2) is 0 Å². The molecule has 0 aliphatic carbocycles. The van der Waals surface area contributed by atoms with Crippen molar-refractivity contribution >= 4 is 40.4 Å². The van der Waals surface area contributed by atoms with Gasteiger partial charge in [0.1, 0.15) is 35.2 Å². The average molecular weight is 1080 g/mol. The van der Waals surface area contributed by atoms with Crippen molar-refractivity contribution in [1.29, 1.82) is 0 Å². The summed E-state index contributed by atoms with van der Waals surface area (Å²) in [5.41, 5.74) is 12.6. The zero-order chi connectivity index (χ0) is 55.6. The van der Waals surface area contributed by atoms with Crippen LogP contribution in [0.5, 0.6) is 23.0 Å². The number of benzene rings is 5. The number of carbonyl (C=O) groups is 4. The van der Waals surface area contributed by atoms with E-state index in [1.54, 1.807) is 49.1 Å². The van der Waals surface area contributed by atoms with Crippen LogP contribution in [0.3, 0.4) is 0 Å². The first kappa shape index (κ1) is 55.5. The lowest BCUT2D eigenvalue weighted by Crippen LogP contribution is -2.46. The number of amides is 4. The second-order valence-corrected chi connectivity index (χ2v) is 21.8. The van der Waals surface area contributed by atoms with Crippen LogP contribution in [0, 0.1) is 20.8 Å². The van der Waals surface area contributed by atoms with Crippen molar-refractivity contribution in [3.05, 3.63) is 207 Å². The minimum atomic E-state index is -0.467. The molecule has 3 unspecified atom stereocenters. The van der Waals surface area contributed by atoms with Crippen molar-refractivity contribution < 1.29 is 38.5 Å². The van der Waals surface area contributed by atoms with Crippen LogP contribution in [0.4, 0.5) is 10.5 Å². The van der Waals surface area contributed by atoms with E-state index in [-0.39, 0.29) is 28.2 Å². The molecule has 16 heteroatoms. The minimum absolute atomic E-state index is 0.230. The number of nitrogens with one attached hydrogen (secondary N) is 3. The van der Waals surface area contributed by atoms with Crippen LogP contribution in [-0.4, -0.2) is 94.2 Å². The van der Waals surface area contributed by atoms with Crippen molar-refractivity contribution in [1.82, 2.24) is 30.8 Å². The zero-order valence-corrected chi connectivity index (χ0v) is 46.3. The molecule has 11 rings (SSSR count). The number of methoxy groups -OCH3 is 1. The van der Waals surface area contributed by atoms with E-state index in [0.717, 1.165) is 101 Å². The highest BCUT2D eigenvalue weighted by Gasteiger charge is 2.36. The van der Waals surface area contributed by atoms with Crippen LogP contribution in [0.2, 0.25) is 0 Å². The first-order valence-electron chi connectivity index (χ1n) is 26.5. The second-order valence-electron chi connectivity index (χ2n) is 20.6. The Morgan fingerprint density at radius 3 is 2.16 bits per heavy atom. The number of pyridine rings is 2. The molecule has 4 aliphatic rings. The normalized spacial score (nSPS) is 18.0. The highest BCUT2D eigenvalue weighted by molar-refractivity contribution is 8.15. The number of rotatable bonds is 12. The third-order valence-electron chi connectivity index (χ3n) is 15.0. The number of phenolic OH excluding ortho intramolecular Hbond substituents is 1. The number of hydrogen-bond donors (Lipinski definition) is 4. The molecule has 4 aliphatic heterocycles. The van der Waals surface area contributed by atoms with Gasteiger partial charge in [0, 0.05) is 74.3 Å². The number of imide groups is 1. The summed E-state index contributed by atoms with van der Waals surface area (Å²) in [6.07, 6.45) is 9.89. The van der Waals surface area contributed by atoms with E-state index in [9.17, 15) is 24.3 Å². The molecule has 0 radical (unpaired) electrons. The lowest BCUT2D eigenvalue weighted by atomic mass is 9.87. The van der Waals surface area contributed by atoms with Gasteiger partial charge >= 0.3 is 0 Å². The van der Waals surface area contributed by atoms with Gasteiger partial charge in [-0.3, -0.25) is 34.5 Å². The maximum atomic E-state index is 12.6. The molecule has 2 fully saturated rings. The zero-order valence-electron chi connectivity index (χ0n) is 45.5. The molecule has 0 bridgehead atoms. The highest BCUT2D eigenvalue weighted by Crippen LogP contribution is 2.44. The summed E-state index contributed by atoms with van der Waals surface area (Å²) in [5, 5.41) is 17.6. The third kappa shape index (κ3) is 13.4. The summed E-state index contributed by atoms with van der Waals surface area (Å²) in [6, 6.07) is 38.1. The minimum Gasteiger partial charge on any atom is -0.507 e. The Hall–Kier alpha value is -8.21. The maximum absolute atomic E-state index is 12.6. The van der Waals surface area contributed by atoms with E-state index in [0.29, 0.717) is 54.8 Å². The molecular formula is C63H67N7O8S. The van der Waals surface area contributed by atoms with Crippen LogP contribution in [0.15, 0.2) is 140 Å². The van der Waals surface area contributed by atoms with Gasteiger partial charge < -0.3 is 39.8 Å². The van der Waals surface area contributed by atoms with Crippen molar-refractivity contribution in [2.24, 2.45) is 0 Å². The van der Waals surface area contributed by atoms with Gasteiger partial charge in [-0.05, 0) is 159 Å². The predicted octanol–water partition coefficient (Wildman–Crippen LogP) is 9.80. The molecule has 2 aromatic heterocycles. The quantitative estimate of drug-likeness (QED) is 0.0908. The monoisotopic (exact) mass is 1080 g/mol. The van der Waals surface area contributed by atoms with Crippen LogP contribution in [0.25, 0.3) is 0 Å². The predicted molar refractivity (Wildman–Crippen MR) is 307 cm³/mol. The number of nitrogens with zero attached hydrogens (tertiary/aromatic N) is 4. The number of anilines is 1. The van der Waals surface area contributed by atoms with Gasteiger partial charge in [-0.1, -0.05) is 78.5 Å².